The van der Waals surface area contributed by atoms with Crippen molar-refractivity contribution in [3.8, 4) is 0 Å². The summed E-state index contributed by atoms with van der Waals surface area (Å²) in [5, 5.41) is 0. The molecule has 1 aliphatic heterocycles. The molecule has 12 heavy (non-hydrogen) atoms. The number of carbonyl (C=O) groups is 1. The molecule has 62 valence electrons. The average Bonchev–Trinajstić information content (AvgIpc) is 2.04. The molecule has 1 aliphatic carbocycles. The number of ketones is 1. The number of likely N-dealkylation sites (N-methyl/N-ethyl adjacent to an activating group) is 1. The fourth-order valence-electron chi connectivity index (χ4n) is 1.66. The van der Waals surface area contributed by atoms with Crippen LogP contribution in [0.4, 0.5) is 0 Å². The van der Waals surface area contributed by atoms with E-state index in [1.165, 1.54) is 0 Å². The fourth-order valence-corrected chi connectivity index (χ4v) is 1.66. The van der Waals surface area contributed by atoms with Crippen LogP contribution in [0, 0.1) is 0 Å². The van der Waals surface area contributed by atoms with Gasteiger partial charge in [-0.3, -0.25) is 9.69 Å². The van der Waals surface area contributed by atoms with Crippen LogP contribution in [0.1, 0.15) is 0 Å². The van der Waals surface area contributed by atoms with Gasteiger partial charge < -0.3 is 0 Å². The molecule has 0 saturated heterocycles. The predicted octanol–water partition coefficient (Wildman–Crippen LogP) is 0.922. The second-order valence-corrected chi connectivity index (χ2v) is 3.21. The number of allylic oxidation sites excluding steroid dienone is 2. The molecule has 2 rings (SSSR count). The zero-order valence-corrected chi connectivity index (χ0v) is 7.03. The van der Waals surface area contributed by atoms with Crippen molar-refractivity contribution in [2.75, 3.05) is 13.6 Å². The topological polar surface area (TPSA) is 20.3 Å². The third-order valence-electron chi connectivity index (χ3n) is 2.24. The molecule has 0 N–H and O–H groups in total. The number of rotatable bonds is 0. The molecule has 0 amide bonds. The van der Waals surface area contributed by atoms with Gasteiger partial charge in [0, 0.05) is 0 Å². The summed E-state index contributed by atoms with van der Waals surface area (Å²) in [6.07, 6.45) is 9.84. The SMILES string of the molecule is CN1CC(=O)C=C2C=CC=CC21. The zero-order valence-electron chi connectivity index (χ0n) is 7.03. The monoisotopic (exact) mass is 161 g/mol. The lowest BCUT2D eigenvalue weighted by Crippen LogP contribution is -2.39. The first-order chi connectivity index (χ1) is 5.77. The Labute approximate surface area is 71.9 Å². The van der Waals surface area contributed by atoms with E-state index in [1.54, 1.807) is 6.08 Å². The summed E-state index contributed by atoms with van der Waals surface area (Å²) >= 11 is 0. The van der Waals surface area contributed by atoms with E-state index in [0.29, 0.717) is 12.6 Å². The largest absolute Gasteiger partial charge is 0.293 e. The summed E-state index contributed by atoms with van der Waals surface area (Å²) in [4.78, 5) is 13.2. The predicted molar refractivity (Wildman–Crippen MR) is 47.8 cm³/mol. The van der Waals surface area contributed by atoms with Crippen LogP contribution in [0.25, 0.3) is 0 Å². The van der Waals surface area contributed by atoms with E-state index in [4.69, 9.17) is 0 Å². The van der Waals surface area contributed by atoms with Crippen molar-refractivity contribution in [1.29, 1.82) is 0 Å². The van der Waals surface area contributed by atoms with Crippen molar-refractivity contribution < 1.29 is 4.79 Å². The lowest BCUT2D eigenvalue weighted by molar-refractivity contribution is -0.116. The van der Waals surface area contributed by atoms with Gasteiger partial charge in [0.05, 0.1) is 12.6 Å². The van der Waals surface area contributed by atoms with E-state index in [9.17, 15) is 4.79 Å². The molecule has 0 radical (unpaired) electrons. The summed E-state index contributed by atoms with van der Waals surface area (Å²) in [6, 6.07) is 0.313. The highest BCUT2D eigenvalue weighted by Crippen LogP contribution is 2.19. The number of carbonyl (C=O) groups excluding carboxylic acids is 1. The van der Waals surface area contributed by atoms with Crippen LogP contribution in [0.2, 0.25) is 0 Å². The lowest BCUT2D eigenvalue weighted by atomic mass is 9.96. The van der Waals surface area contributed by atoms with E-state index < -0.39 is 0 Å². The smallest absolute Gasteiger partial charge is 0.170 e. The zero-order chi connectivity index (χ0) is 8.55. The van der Waals surface area contributed by atoms with Crippen LogP contribution in [-0.4, -0.2) is 30.3 Å². The highest BCUT2D eigenvalue weighted by atomic mass is 16.1. The van der Waals surface area contributed by atoms with E-state index in [2.05, 4.69) is 11.0 Å². The molecule has 1 heterocycles. The Hall–Kier alpha value is -1.15. The average molecular weight is 161 g/mol. The van der Waals surface area contributed by atoms with E-state index >= 15 is 0 Å². The maximum Gasteiger partial charge on any atom is 0.170 e. The van der Waals surface area contributed by atoms with E-state index in [-0.39, 0.29) is 5.78 Å². The molecule has 0 aromatic carbocycles. The first kappa shape index (κ1) is 7.50. The Kier molecular flexibility index (Phi) is 1.70. The number of nitrogens with zero attached hydrogens (tertiary/aromatic N) is 1. The molecular formula is C10H11NO. The van der Waals surface area contributed by atoms with Crippen LogP contribution in [0.3, 0.4) is 0 Å². The van der Waals surface area contributed by atoms with E-state index in [1.807, 2.05) is 25.3 Å². The van der Waals surface area contributed by atoms with Crippen molar-refractivity contribution in [2.45, 2.75) is 6.04 Å². The van der Waals surface area contributed by atoms with Crippen molar-refractivity contribution >= 4 is 5.78 Å². The van der Waals surface area contributed by atoms with Gasteiger partial charge in [-0.05, 0) is 18.7 Å². The molecule has 2 nitrogen and oxygen atoms in total. The van der Waals surface area contributed by atoms with Crippen molar-refractivity contribution in [2.24, 2.45) is 0 Å². The molecule has 0 saturated carbocycles. The van der Waals surface area contributed by atoms with Gasteiger partial charge >= 0.3 is 0 Å². The molecule has 0 aromatic rings. The molecule has 0 spiro atoms. The molecular weight excluding hydrogens is 150 g/mol. The Bertz CT molecular complexity index is 299. The Morgan fingerprint density at radius 2 is 2.33 bits per heavy atom. The number of hydrogen-bond donors (Lipinski definition) is 0. The molecule has 2 heteroatoms. The minimum atomic E-state index is 0.198. The van der Waals surface area contributed by atoms with Crippen LogP contribution >= 0.6 is 0 Å². The quantitative estimate of drug-likeness (QED) is 0.526. The third-order valence-corrected chi connectivity index (χ3v) is 2.24. The molecule has 0 aromatic heterocycles. The highest BCUT2D eigenvalue weighted by Gasteiger charge is 2.23. The van der Waals surface area contributed by atoms with Crippen LogP contribution in [-0.2, 0) is 4.79 Å². The summed E-state index contributed by atoms with van der Waals surface area (Å²) in [5.74, 6) is 0.198. The standard InChI is InChI=1S/C10H11NO/c1-11-7-9(12)6-8-4-2-3-5-10(8)11/h2-6,10H,7H2,1H3. The van der Waals surface area contributed by atoms with Gasteiger partial charge in [0.15, 0.2) is 5.78 Å². The minimum absolute atomic E-state index is 0.198. The van der Waals surface area contributed by atoms with Gasteiger partial charge in [0.2, 0.25) is 0 Å². The maximum absolute atomic E-state index is 11.2. The summed E-state index contributed by atoms with van der Waals surface area (Å²) in [7, 11) is 1.97. The second kappa shape index (κ2) is 2.72. The number of fused-ring (bicyclic) bond motifs is 1. The Morgan fingerprint density at radius 1 is 1.50 bits per heavy atom. The maximum atomic E-state index is 11.2. The van der Waals surface area contributed by atoms with Crippen LogP contribution in [0.15, 0.2) is 36.0 Å². The molecule has 2 aliphatic rings. The third kappa shape index (κ3) is 1.14. The van der Waals surface area contributed by atoms with Gasteiger partial charge in [-0.1, -0.05) is 24.3 Å². The van der Waals surface area contributed by atoms with Gasteiger partial charge in [0.1, 0.15) is 0 Å². The summed E-state index contributed by atoms with van der Waals surface area (Å²) < 4.78 is 0. The molecule has 1 unspecified atom stereocenters. The van der Waals surface area contributed by atoms with Crippen LogP contribution in [0.5, 0.6) is 0 Å². The Morgan fingerprint density at radius 3 is 3.17 bits per heavy atom. The lowest BCUT2D eigenvalue weighted by Gasteiger charge is -2.30. The van der Waals surface area contributed by atoms with Crippen molar-refractivity contribution in [1.82, 2.24) is 4.90 Å². The van der Waals surface area contributed by atoms with Crippen molar-refractivity contribution in [3.63, 3.8) is 0 Å². The van der Waals surface area contributed by atoms with Gasteiger partial charge in [-0.25, -0.2) is 0 Å². The van der Waals surface area contributed by atoms with Crippen LogP contribution < -0.4 is 0 Å². The summed E-state index contributed by atoms with van der Waals surface area (Å²) in [5.41, 5.74) is 1.11. The van der Waals surface area contributed by atoms with Gasteiger partial charge in [-0.2, -0.15) is 0 Å². The molecule has 1 atom stereocenters. The summed E-state index contributed by atoms with van der Waals surface area (Å²) in [6.45, 7) is 0.534. The second-order valence-electron chi connectivity index (χ2n) is 3.21. The molecule has 0 bridgehead atoms. The first-order valence-electron chi connectivity index (χ1n) is 4.07. The molecule has 0 fully saturated rings. The number of hydrogen-bond acceptors (Lipinski definition) is 2. The fraction of sp³-hybridized carbons (Fsp3) is 0.300. The Balaban J connectivity index is 2.37. The first-order valence-corrected chi connectivity index (χ1v) is 4.07. The minimum Gasteiger partial charge on any atom is -0.293 e. The van der Waals surface area contributed by atoms with Gasteiger partial charge in [0.25, 0.3) is 0 Å². The van der Waals surface area contributed by atoms with Crippen molar-refractivity contribution in [3.05, 3.63) is 36.0 Å². The van der Waals surface area contributed by atoms with Gasteiger partial charge in [-0.15, -0.1) is 0 Å². The van der Waals surface area contributed by atoms with E-state index in [0.717, 1.165) is 5.57 Å². The normalized spacial score (nSPS) is 28.6. The highest BCUT2D eigenvalue weighted by molar-refractivity contribution is 5.94.